The first-order valence-electron chi connectivity index (χ1n) is 5.89. The molecule has 12 heteroatoms. The van der Waals surface area contributed by atoms with Gasteiger partial charge < -0.3 is 25.2 Å². The molecule has 5 N–H and O–H groups in total. The molecular weight excluding hydrogens is 330 g/mol. The van der Waals surface area contributed by atoms with E-state index in [0.29, 0.717) is 0 Å². The van der Waals surface area contributed by atoms with Crippen molar-refractivity contribution >= 4 is 27.2 Å². The molecule has 124 valence electrons. The van der Waals surface area contributed by atoms with E-state index >= 15 is 0 Å². The molecule has 10 nitrogen and oxygen atoms in total. The van der Waals surface area contributed by atoms with Crippen LogP contribution < -0.4 is 0 Å². The van der Waals surface area contributed by atoms with Gasteiger partial charge >= 0.3 is 10.4 Å². The number of thioether (sulfide) groups is 1. The normalized spacial score (nSPS) is 34.8. The molecule has 1 rings (SSSR count). The predicted molar refractivity (Wildman–Crippen MR) is 71.7 cm³/mol. The average molecular weight is 347 g/mol. The summed E-state index contributed by atoms with van der Waals surface area (Å²) in [7, 11) is -4.75. The Hall–Kier alpha value is -0.470. The first-order valence-corrected chi connectivity index (χ1v) is 8.14. The highest BCUT2D eigenvalue weighted by Gasteiger charge is 2.44. The Labute approximate surface area is 125 Å². The zero-order chi connectivity index (χ0) is 16.2. The van der Waals surface area contributed by atoms with Gasteiger partial charge in [0.1, 0.15) is 34.9 Å². The van der Waals surface area contributed by atoms with E-state index in [4.69, 9.17) is 14.4 Å². The van der Waals surface area contributed by atoms with Gasteiger partial charge in [-0.25, -0.2) is 4.28 Å². The lowest BCUT2D eigenvalue weighted by Gasteiger charge is -2.39. The Morgan fingerprint density at radius 1 is 1.29 bits per heavy atom. The molecule has 0 spiro atoms. The molecule has 1 heterocycles. The Kier molecular flexibility index (Phi) is 6.80. The van der Waals surface area contributed by atoms with E-state index in [1.807, 2.05) is 0 Å². The number of rotatable bonds is 5. The van der Waals surface area contributed by atoms with Gasteiger partial charge in [0.25, 0.3) is 0 Å². The largest absolute Gasteiger partial charge is 0.466 e. The molecule has 21 heavy (non-hydrogen) atoms. The van der Waals surface area contributed by atoms with Crippen LogP contribution in [0.4, 0.5) is 0 Å². The maximum Gasteiger partial charge on any atom is 0.466 e. The molecule has 1 fully saturated rings. The van der Waals surface area contributed by atoms with Gasteiger partial charge in [-0.2, -0.15) is 8.42 Å². The second kappa shape index (κ2) is 7.69. The van der Waals surface area contributed by atoms with Gasteiger partial charge in [-0.1, -0.05) is 23.8 Å². The van der Waals surface area contributed by atoms with Crippen LogP contribution in [-0.4, -0.2) is 74.9 Å². The van der Waals surface area contributed by atoms with E-state index < -0.39 is 46.9 Å². The lowest BCUT2D eigenvalue weighted by molar-refractivity contribution is -0.205. The van der Waals surface area contributed by atoms with E-state index in [9.17, 15) is 23.7 Å². The van der Waals surface area contributed by atoms with E-state index in [1.54, 1.807) is 6.92 Å². The van der Waals surface area contributed by atoms with Crippen molar-refractivity contribution in [2.75, 3.05) is 6.61 Å². The van der Waals surface area contributed by atoms with Gasteiger partial charge in [-0.05, 0) is 6.42 Å². The molecule has 0 aliphatic carbocycles. The quantitative estimate of drug-likeness (QED) is 0.163. The second-order valence-electron chi connectivity index (χ2n) is 4.16. The average Bonchev–Trinajstić information content (AvgIpc) is 2.42. The molecule has 1 aliphatic heterocycles. The van der Waals surface area contributed by atoms with Crippen molar-refractivity contribution in [2.45, 2.75) is 43.2 Å². The number of oxime groups is 1. The van der Waals surface area contributed by atoms with Crippen LogP contribution in [0.3, 0.4) is 0 Å². The number of hydrogen-bond donors (Lipinski definition) is 5. The van der Waals surface area contributed by atoms with Crippen molar-refractivity contribution in [2.24, 2.45) is 5.16 Å². The topological polar surface area (TPSA) is 166 Å². The fourth-order valence-electron chi connectivity index (χ4n) is 1.56. The van der Waals surface area contributed by atoms with E-state index in [0.717, 1.165) is 11.8 Å². The predicted octanol–water partition coefficient (Wildman–Crippen LogP) is -1.94. The maximum absolute atomic E-state index is 10.4. The van der Waals surface area contributed by atoms with Crippen molar-refractivity contribution < 1.29 is 42.4 Å². The lowest BCUT2D eigenvalue weighted by Crippen LogP contribution is -2.57. The fraction of sp³-hybridized carbons (Fsp3) is 0.889. The molecule has 0 radical (unpaired) electrons. The highest BCUT2D eigenvalue weighted by atomic mass is 32.3. The lowest BCUT2D eigenvalue weighted by atomic mass is 10.0. The van der Waals surface area contributed by atoms with Crippen LogP contribution in [0.1, 0.15) is 13.3 Å². The number of ether oxygens (including phenoxy) is 1. The second-order valence-corrected chi connectivity index (χ2v) is 6.33. The van der Waals surface area contributed by atoms with Gasteiger partial charge in [0.05, 0.1) is 6.61 Å². The molecule has 5 atom stereocenters. The molecule has 1 saturated heterocycles. The fourth-order valence-corrected chi connectivity index (χ4v) is 2.80. The van der Waals surface area contributed by atoms with Gasteiger partial charge in [0.15, 0.2) is 0 Å². The van der Waals surface area contributed by atoms with Crippen LogP contribution >= 0.6 is 11.8 Å². The zero-order valence-corrected chi connectivity index (χ0v) is 12.6. The molecule has 0 aromatic carbocycles. The Morgan fingerprint density at radius 2 is 1.90 bits per heavy atom. The molecule has 0 aromatic rings. The smallest absolute Gasteiger partial charge is 0.394 e. The standard InChI is InChI=1S/C9H17NO9S2/c1-2-5(10-19-21(15,16)17)20-9-8(14)7(13)6(12)4(3-11)18-9/h4,6-9,11-14H,2-3H2,1H3,(H,15,16,17)/b10-5-/t4?,6-,7+,8?,9+/m1/s1. The molecule has 0 saturated carbocycles. The molecule has 0 amide bonds. The molecular formula is C9H17NO9S2. The number of aliphatic hydroxyl groups is 4. The van der Waals surface area contributed by atoms with Gasteiger partial charge in [0.2, 0.25) is 0 Å². The summed E-state index contributed by atoms with van der Waals surface area (Å²) in [5, 5.41) is 41.3. The van der Waals surface area contributed by atoms with E-state index in [1.165, 1.54) is 0 Å². The minimum atomic E-state index is -4.75. The van der Waals surface area contributed by atoms with Crippen LogP contribution in [0, 0.1) is 0 Å². The van der Waals surface area contributed by atoms with Crippen LogP contribution in [0.5, 0.6) is 0 Å². The minimum Gasteiger partial charge on any atom is -0.394 e. The Bertz CT molecular complexity index is 466. The SMILES string of the molecule is CC/C(=N/OS(=O)(=O)O)S[C@@H]1OC(CO)[C@@H](O)[C@H](O)C1O. The summed E-state index contributed by atoms with van der Waals surface area (Å²) < 4.78 is 38.3. The maximum atomic E-state index is 10.4. The van der Waals surface area contributed by atoms with Gasteiger partial charge in [0, 0.05) is 0 Å². The summed E-state index contributed by atoms with van der Waals surface area (Å²) in [6, 6.07) is 0. The first-order chi connectivity index (χ1) is 9.69. The van der Waals surface area contributed by atoms with E-state index in [2.05, 4.69) is 9.44 Å². The summed E-state index contributed by atoms with van der Waals surface area (Å²) in [4.78, 5) is 0. The van der Waals surface area contributed by atoms with Gasteiger partial charge in [-0.3, -0.25) is 4.55 Å². The van der Waals surface area contributed by atoms with E-state index in [-0.39, 0.29) is 11.5 Å². The van der Waals surface area contributed by atoms with Crippen LogP contribution in [0.25, 0.3) is 0 Å². The third-order valence-corrected chi connectivity index (χ3v) is 4.16. The summed E-state index contributed by atoms with van der Waals surface area (Å²) in [6.45, 7) is 1.02. The van der Waals surface area contributed by atoms with Crippen LogP contribution in [0.15, 0.2) is 5.16 Å². The van der Waals surface area contributed by atoms with Gasteiger partial charge in [-0.15, -0.1) is 0 Å². The summed E-state index contributed by atoms with van der Waals surface area (Å²) in [5.74, 6) is 0. The van der Waals surface area contributed by atoms with Crippen molar-refractivity contribution in [3.8, 4) is 0 Å². The van der Waals surface area contributed by atoms with Crippen LogP contribution in [-0.2, 0) is 19.4 Å². The summed E-state index contributed by atoms with van der Waals surface area (Å²) in [5.41, 5.74) is -1.11. The Balaban J connectivity index is 2.79. The number of aliphatic hydroxyl groups excluding tert-OH is 4. The monoisotopic (exact) mass is 347 g/mol. The zero-order valence-electron chi connectivity index (χ0n) is 10.9. The highest BCUT2D eigenvalue weighted by molar-refractivity contribution is 8.14. The number of nitrogens with zero attached hydrogens (tertiary/aromatic N) is 1. The summed E-state index contributed by atoms with van der Waals surface area (Å²) >= 11 is 0.734. The first kappa shape index (κ1) is 18.6. The molecule has 0 bridgehead atoms. The third-order valence-electron chi connectivity index (χ3n) is 2.64. The van der Waals surface area contributed by atoms with Crippen molar-refractivity contribution in [3.63, 3.8) is 0 Å². The molecule has 0 aromatic heterocycles. The highest BCUT2D eigenvalue weighted by Crippen LogP contribution is 2.30. The third kappa shape index (κ3) is 5.34. The van der Waals surface area contributed by atoms with Crippen molar-refractivity contribution in [3.05, 3.63) is 0 Å². The minimum absolute atomic E-state index is 0.0527. The summed E-state index contributed by atoms with van der Waals surface area (Å²) in [6.07, 6.45) is -5.42. The van der Waals surface area contributed by atoms with Crippen molar-refractivity contribution in [1.82, 2.24) is 0 Å². The van der Waals surface area contributed by atoms with Crippen molar-refractivity contribution in [1.29, 1.82) is 0 Å². The number of hydrogen-bond acceptors (Lipinski definition) is 10. The van der Waals surface area contributed by atoms with Crippen LogP contribution in [0.2, 0.25) is 0 Å². The molecule has 1 aliphatic rings. The Morgan fingerprint density at radius 3 is 2.38 bits per heavy atom. The molecule has 2 unspecified atom stereocenters.